The highest BCUT2D eigenvalue weighted by Gasteiger charge is 2.15. The SMILES string of the molecule is CCC(C)c1ccc(OCC(=O)NNC(=O)c2ccc(C(C)(C)C)cc2)c(Br)c1. The van der Waals surface area contributed by atoms with Gasteiger partial charge in [0.15, 0.2) is 6.61 Å². The van der Waals surface area contributed by atoms with Crippen molar-refractivity contribution in [2.24, 2.45) is 0 Å². The highest BCUT2D eigenvalue weighted by atomic mass is 79.9. The van der Waals surface area contributed by atoms with E-state index >= 15 is 0 Å². The van der Waals surface area contributed by atoms with E-state index in [-0.39, 0.29) is 17.9 Å². The summed E-state index contributed by atoms with van der Waals surface area (Å²) in [6.45, 7) is 10.4. The van der Waals surface area contributed by atoms with Crippen molar-refractivity contribution in [2.45, 2.75) is 52.4 Å². The van der Waals surface area contributed by atoms with E-state index in [1.54, 1.807) is 12.1 Å². The number of amides is 2. The van der Waals surface area contributed by atoms with Gasteiger partial charge in [0.25, 0.3) is 11.8 Å². The van der Waals surface area contributed by atoms with Gasteiger partial charge in [0.2, 0.25) is 0 Å². The van der Waals surface area contributed by atoms with Crippen molar-refractivity contribution in [3.8, 4) is 5.75 Å². The molecular formula is C23H29BrN2O3. The molecule has 2 amide bonds. The van der Waals surface area contributed by atoms with Crippen LogP contribution < -0.4 is 15.6 Å². The molecule has 1 atom stereocenters. The van der Waals surface area contributed by atoms with Crippen molar-refractivity contribution in [1.82, 2.24) is 10.9 Å². The molecule has 0 saturated carbocycles. The highest BCUT2D eigenvalue weighted by Crippen LogP contribution is 2.30. The maximum atomic E-state index is 12.2. The van der Waals surface area contributed by atoms with Gasteiger partial charge in [-0.1, -0.05) is 52.8 Å². The van der Waals surface area contributed by atoms with Gasteiger partial charge >= 0.3 is 0 Å². The number of hydrogen-bond donors (Lipinski definition) is 2. The summed E-state index contributed by atoms with van der Waals surface area (Å²) in [4.78, 5) is 24.2. The van der Waals surface area contributed by atoms with Crippen LogP contribution in [0.2, 0.25) is 0 Å². The summed E-state index contributed by atoms with van der Waals surface area (Å²) in [5, 5.41) is 0. The Morgan fingerprint density at radius 2 is 1.72 bits per heavy atom. The molecule has 2 rings (SSSR count). The van der Waals surface area contributed by atoms with E-state index in [0.29, 0.717) is 17.2 Å². The Morgan fingerprint density at radius 3 is 2.28 bits per heavy atom. The maximum Gasteiger partial charge on any atom is 0.276 e. The molecule has 2 aromatic rings. The van der Waals surface area contributed by atoms with Crippen LogP contribution in [-0.2, 0) is 10.2 Å². The Bertz CT molecular complexity index is 857. The van der Waals surface area contributed by atoms with Crippen LogP contribution in [0, 0.1) is 0 Å². The van der Waals surface area contributed by atoms with E-state index < -0.39 is 5.91 Å². The van der Waals surface area contributed by atoms with Gasteiger partial charge in [0, 0.05) is 5.56 Å². The first-order chi connectivity index (χ1) is 13.6. The molecule has 2 N–H and O–H groups in total. The van der Waals surface area contributed by atoms with Gasteiger partial charge in [-0.25, -0.2) is 0 Å². The second kappa shape index (κ2) is 9.92. The molecule has 5 nitrogen and oxygen atoms in total. The highest BCUT2D eigenvalue weighted by molar-refractivity contribution is 9.10. The molecule has 1 unspecified atom stereocenters. The van der Waals surface area contributed by atoms with E-state index in [1.165, 1.54) is 5.56 Å². The molecule has 0 aromatic heterocycles. The fraction of sp³-hybridized carbons (Fsp3) is 0.391. The summed E-state index contributed by atoms with van der Waals surface area (Å²) < 4.78 is 6.35. The van der Waals surface area contributed by atoms with Crippen LogP contribution in [0.1, 0.15) is 68.4 Å². The lowest BCUT2D eigenvalue weighted by Gasteiger charge is -2.19. The number of hydrazine groups is 1. The minimum Gasteiger partial charge on any atom is -0.483 e. The van der Waals surface area contributed by atoms with Gasteiger partial charge in [0.05, 0.1) is 4.47 Å². The van der Waals surface area contributed by atoms with Crippen molar-refractivity contribution in [1.29, 1.82) is 0 Å². The topological polar surface area (TPSA) is 67.4 Å². The van der Waals surface area contributed by atoms with E-state index in [9.17, 15) is 9.59 Å². The Kier molecular flexibility index (Phi) is 7.85. The first-order valence-electron chi connectivity index (χ1n) is 9.73. The Labute approximate surface area is 181 Å². The van der Waals surface area contributed by atoms with Crippen LogP contribution in [0.15, 0.2) is 46.9 Å². The van der Waals surface area contributed by atoms with Crippen LogP contribution in [0.4, 0.5) is 0 Å². The standard InChI is InChI=1S/C23H29BrN2O3/c1-6-15(2)17-9-12-20(19(24)13-17)29-14-21(27)25-26-22(28)16-7-10-18(11-8-16)23(3,4)5/h7-13,15H,6,14H2,1-5H3,(H,25,27)(H,26,28). The smallest absolute Gasteiger partial charge is 0.276 e. The average Bonchev–Trinajstić information content (AvgIpc) is 2.69. The van der Waals surface area contributed by atoms with E-state index in [4.69, 9.17) is 4.74 Å². The molecule has 2 aromatic carbocycles. The van der Waals surface area contributed by atoms with Crippen LogP contribution in [0.25, 0.3) is 0 Å². The lowest BCUT2D eigenvalue weighted by atomic mass is 9.87. The zero-order valence-corrected chi connectivity index (χ0v) is 19.2. The zero-order chi connectivity index (χ0) is 21.6. The Hall–Kier alpha value is -2.34. The van der Waals surface area contributed by atoms with E-state index in [0.717, 1.165) is 16.5 Å². The first-order valence-corrected chi connectivity index (χ1v) is 10.5. The summed E-state index contributed by atoms with van der Waals surface area (Å²) in [6.07, 6.45) is 1.05. The molecule has 0 aliphatic carbocycles. The van der Waals surface area contributed by atoms with Crippen molar-refractivity contribution < 1.29 is 14.3 Å². The van der Waals surface area contributed by atoms with Crippen LogP contribution in [0.5, 0.6) is 5.75 Å². The fourth-order valence-electron chi connectivity index (χ4n) is 2.68. The largest absolute Gasteiger partial charge is 0.483 e. The van der Waals surface area contributed by atoms with Gasteiger partial charge in [-0.2, -0.15) is 0 Å². The molecule has 0 aliphatic rings. The van der Waals surface area contributed by atoms with Crippen molar-refractivity contribution >= 4 is 27.7 Å². The first kappa shape index (κ1) is 22.9. The van der Waals surface area contributed by atoms with Gasteiger partial charge in [0.1, 0.15) is 5.75 Å². The third-order valence-electron chi connectivity index (χ3n) is 4.82. The van der Waals surface area contributed by atoms with Crippen LogP contribution in [0.3, 0.4) is 0 Å². The number of carbonyl (C=O) groups is 2. The van der Waals surface area contributed by atoms with Crippen molar-refractivity contribution in [3.05, 3.63) is 63.6 Å². The minimum atomic E-state index is -0.442. The summed E-state index contributed by atoms with van der Waals surface area (Å²) in [6, 6.07) is 13.2. The fourth-order valence-corrected chi connectivity index (χ4v) is 3.19. The summed E-state index contributed by atoms with van der Waals surface area (Å²) >= 11 is 3.48. The molecule has 0 spiro atoms. The Morgan fingerprint density at radius 1 is 1.07 bits per heavy atom. The summed E-state index contributed by atoms with van der Waals surface area (Å²) in [5.74, 6) is 0.216. The average molecular weight is 461 g/mol. The van der Waals surface area contributed by atoms with Gasteiger partial charge in [-0.3, -0.25) is 20.4 Å². The lowest BCUT2D eigenvalue weighted by Crippen LogP contribution is -2.43. The number of rotatable bonds is 6. The number of nitrogens with one attached hydrogen (secondary N) is 2. The van der Waals surface area contributed by atoms with E-state index in [1.807, 2.05) is 30.3 Å². The quantitative estimate of drug-likeness (QED) is 0.589. The molecule has 6 heteroatoms. The molecule has 0 bridgehead atoms. The molecule has 156 valence electrons. The van der Waals surface area contributed by atoms with Crippen LogP contribution >= 0.6 is 15.9 Å². The van der Waals surface area contributed by atoms with Crippen molar-refractivity contribution in [3.63, 3.8) is 0 Å². The predicted octanol–water partition coefficient (Wildman–Crippen LogP) is 5.10. The minimum absolute atomic E-state index is 0.0155. The van der Waals surface area contributed by atoms with Gasteiger partial charge in [-0.05, 0) is 69.1 Å². The number of hydrogen-bond acceptors (Lipinski definition) is 3. The molecule has 0 fully saturated rings. The van der Waals surface area contributed by atoms with Gasteiger partial charge in [-0.15, -0.1) is 0 Å². The van der Waals surface area contributed by atoms with E-state index in [2.05, 4.69) is 61.4 Å². The molecular weight excluding hydrogens is 432 g/mol. The molecule has 0 aliphatic heterocycles. The molecule has 29 heavy (non-hydrogen) atoms. The predicted molar refractivity (Wildman–Crippen MR) is 119 cm³/mol. The second-order valence-corrected chi connectivity index (χ2v) is 8.97. The third-order valence-corrected chi connectivity index (χ3v) is 5.44. The number of carbonyl (C=O) groups excluding carboxylic acids is 2. The monoisotopic (exact) mass is 460 g/mol. The summed E-state index contributed by atoms with van der Waals surface area (Å²) in [7, 11) is 0. The third kappa shape index (κ3) is 6.60. The summed E-state index contributed by atoms with van der Waals surface area (Å²) in [5.41, 5.74) is 7.62. The van der Waals surface area contributed by atoms with Crippen molar-refractivity contribution in [2.75, 3.05) is 6.61 Å². The zero-order valence-electron chi connectivity index (χ0n) is 17.6. The molecule has 0 radical (unpaired) electrons. The van der Waals surface area contributed by atoms with Gasteiger partial charge < -0.3 is 4.74 Å². The lowest BCUT2D eigenvalue weighted by molar-refractivity contribution is -0.123. The molecule has 0 saturated heterocycles. The normalized spacial score (nSPS) is 12.2. The Balaban J connectivity index is 1.85. The maximum absolute atomic E-state index is 12.2. The number of halogens is 1. The number of benzene rings is 2. The number of ether oxygens (including phenoxy) is 1. The van der Waals surface area contributed by atoms with Crippen LogP contribution in [-0.4, -0.2) is 18.4 Å². The molecule has 0 heterocycles. The second-order valence-electron chi connectivity index (χ2n) is 8.12.